The monoisotopic (exact) mass is 477 g/mol. The number of hydrogen-bond acceptors (Lipinski definition) is 5. The van der Waals surface area contributed by atoms with Crippen LogP contribution in [0, 0.1) is 0 Å². The van der Waals surface area contributed by atoms with Gasteiger partial charge in [-0.3, -0.25) is 4.79 Å². The molecule has 0 fully saturated rings. The van der Waals surface area contributed by atoms with Crippen LogP contribution in [0.2, 0.25) is 0 Å². The molecule has 1 aromatic heterocycles. The Kier molecular flexibility index (Phi) is 7.11. The van der Waals surface area contributed by atoms with Crippen molar-refractivity contribution >= 4 is 31.7 Å². The van der Waals surface area contributed by atoms with Gasteiger partial charge >= 0.3 is 0 Å². The molecular formula is C21H20BrNO5S. The number of sulfone groups is 1. The fourth-order valence-corrected chi connectivity index (χ4v) is 4.30. The molecule has 29 heavy (non-hydrogen) atoms. The van der Waals surface area contributed by atoms with Gasteiger partial charge in [-0.25, -0.2) is 8.42 Å². The summed E-state index contributed by atoms with van der Waals surface area (Å²) >= 11 is 3.37. The molecule has 0 spiro atoms. The number of hydrogen-bond donors (Lipinski definition) is 1. The average molecular weight is 478 g/mol. The van der Waals surface area contributed by atoms with Crippen molar-refractivity contribution in [2.24, 2.45) is 0 Å². The van der Waals surface area contributed by atoms with Gasteiger partial charge in [-0.2, -0.15) is 0 Å². The molecule has 0 saturated heterocycles. The second-order valence-corrected chi connectivity index (χ2v) is 9.28. The molecule has 1 N–H and O–H groups in total. The number of carbonyl (C=O) groups excluding carboxylic acids is 1. The molecule has 0 saturated carbocycles. The largest absolute Gasteiger partial charge is 0.486 e. The first-order valence-electron chi connectivity index (χ1n) is 8.97. The van der Waals surface area contributed by atoms with Crippen molar-refractivity contribution in [2.45, 2.75) is 17.9 Å². The van der Waals surface area contributed by atoms with Crippen LogP contribution in [0.4, 0.5) is 0 Å². The van der Waals surface area contributed by atoms with E-state index < -0.39 is 15.7 Å². The predicted octanol–water partition coefficient (Wildman–Crippen LogP) is 4.21. The minimum atomic E-state index is -3.35. The van der Waals surface area contributed by atoms with Crippen molar-refractivity contribution < 1.29 is 22.4 Å². The van der Waals surface area contributed by atoms with E-state index in [4.69, 9.17) is 9.15 Å². The first-order chi connectivity index (χ1) is 13.9. The number of halogens is 1. The van der Waals surface area contributed by atoms with E-state index in [2.05, 4.69) is 21.2 Å². The van der Waals surface area contributed by atoms with Gasteiger partial charge in [0.05, 0.1) is 10.6 Å². The fourth-order valence-electron chi connectivity index (χ4n) is 2.59. The number of benzene rings is 2. The number of ether oxygens (including phenoxy) is 1. The summed E-state index contributed by atoms with van der Waals surface area (Å²) in [5, 5.41) is 2.67. The van der Waals surface area contributed by atoms with Gasteiger partial charge in [0.25, 0.3) is 5.91 Å². The van der Waals surface area contributed by atoms with Crippen LogP contribution in [0.1, 0.15) is 22.7 Å². The zero-order valence-electron chi connectivity index (χ0n) is 15.5. The zero-order chi connectivity index (χ0) is 20.7. The summed E-state index contributed by atoms with van der Waals surface area (Å²) in [6.07, 6.45) is 0.308. The lowest BCUT2D eigenvalue weighted by Crippen LogP contribution is -2.25. The molecule has 152 valence electrons. The minimum absolute atomic E-state index is 0.0405. The summed E-state index contributed by atoms with van der Waals surface area (Å²) in [4.78, 5) is 12.5. The van der Waals surface area contributed by atoms with Gasteiger partial charge in [-0.05, 0) is 48.9 Å². The lowest BCUT2D eigenvalue weighted by atomic mass is 10.3. The third-order valence-corrected chi connectivity index (χ3v) is 6.35. The molecule has 6 nitrogen and oxygen atoms in total. The molecule has 0 atom stereocenters. The molecule has 2 aromatic carbocycles. The Balaban J connectivity index is 1.44. The van der Waals surface area contributed by atoms with Crippen LogP contribution in [0.5, 0.6) is 5.75 Å². The van der Waals surface area contributed by atoms with Crippen LogP contribution in [0.25, 0.3) is 0 Å². The lowest BCUT2D eigenvalue weighted by Gasteiger charge is -2.06. The smallest absolute Gasteiger partial charge is 0.286 e. The van der Waals surface area contributed by atoms with Gasteiger partial charge < -0.3 is 14.5 Å². The van der Waals surface area contributed by atoms with Crippen molar-refractivity contribution in [3.63, 3.8) is 0 Å². The summed E-state index contributed by atoms with van der Waals surface area (Å²) in [6, 6.07) is 18.9. The summed E-state index contributed by atoms with van der Waals surface area (Å²) in [6.45, 7) is 0.425. The topological polar surface area (TPSA) is 85.6 Å². The number of nitrogens with one attached hydrogen (secondary N) is 1. The van der Waals surface area contributed by atoms with E-state index >= 15 is 0 Å². The molecule has 3 rings (SSSR count). The Morgan fingerprint density at radius 2 is 1.83 bits per heavy atom. The van der Waals surface area contributed by atoms with Gasteiger partial charge in [-0.1, -0.05) is 40.2 Å². The third-order valence-electron chi connectivity index (χ3n) is 4.04. The number of carbonyl (C=O) groups is 1. The summed E-state index contributed by atoms with van der Waals surface area (Å²) < 4.78 is 36.4. The van der Waals surface area contributed by atoms with Crippen LogP contribution in [-0.2, 0) is 16.4 Å². The standard InChI is InChI=1S/C21H20BrNO5S/c22-16-6-4-7-17(14-16)27-15-18-10-11-20(28-18)21(24)23-12-5-13-29(25,26)19-8-2-1-3-9-19/h1-4,6-11,14H,5,12-13,15H2,(H,23,24). The number of furan rings is 1. The van der Waals surface area contributed by atoms with Crippen molar-refractivity contribution in [2.75, 3.05) is 12.3 Å². The first-order valence-corrected chi connectivity index (χ1v) is 11.4. The molecule has 0 aliphatic heterocycles. The molecule has 0 aliphatic carbocycles. The summed E-state index contributed by atoms with van der Waals surface area (Å²) in [7, 11) is -3.35. The average Bonchev–Trinajstić information content (AvgIpc) is 3.19. The van der Waals surface area contributed by atoms with Crippen molar-refractivity contribution in [3.05, 3.63) is 82.7 Å². The summed E-state index contributed by atoms with van der Waals surface area (Å²) in [5.41, 5.74) is 0. The maximum absolute atomic E-state index is 12.2. The van der Waals surface area contributed by atoms with Gasteiger partial charge in [0.1, 0.15) is 18.1 Å². The van der Waals surface area contributed by atoms with Crippen molar-refractivity contribution in [3.8, 4) is 5.75 Å². The van der Waals surface area contributed by atoms with E-state index in [1.54, 1.807) is 42.5 Å². The Morgan fingerprint density at radius 1 is 1.03 bits per heavy atom. The highest BCUT2D eigenvalue weighted by Gasteiger charge is 2.15. The Bertz CT molecular complexity index is 1060. The van der Waals surface area contributed by atoms with Crippen LogP contribution >= 0.6 is 15.9 Å². The maximum atomic E-state index is 12.2. The molecular weight excluding hydrogens is 458 g/mol. The molecule has 0 aliphatic rings. The Morgan fingerprint density at radius 3 is 2.59 bits per heavy atom. The molecule has 0 radical (unpaired) electrons. The SMILES string of the molecule is O=C(NCCCS(=O)(=O)c1ccccc1)c1ccc(COc2cccc(Br)c2)o1. The van der Waals surface area contributed by atoms with Crippen LogP contribution < -0.4 is 10.1 Å². The quantitative estimate of drug-likeness (QED) is 0.466. The predicted molar refractivity (Wildman–Crippen MR) is 113 cm³/mol. The second kappa shape index (κ2) is 9.76. The van der Waals surface area contributed by atoms with Crippen LogP contribution in [0.15, 0.2) is 80.5 Å². The molecule has 1 amide bonds. The highest BCUT2D eigenvalue weighted by atomic mass is 79.9. The van der Waals surface area contributed by atoms with E-state index in [0.29, 0.717) is 17.9 Å². The third kappa shape index (κ3) is 6.20. The first kappa shape index (κ1) is 21.1. The Hall–Kier alpha value is -2.58. The van der Waals surface area contributed by atoms with Crippen LogP contribution in [0.3, 0.4) is 0 Å². The fraction of sp³-hybridized carbons (Fsp3) is 0.190. The van der Waals surface area contributed by atoms with Gasteiger partial charge in [-0.15, -0.1) is 0 Å². The molecule has 1 heterocycles. The van der Waals surface area contributed by atoms with E-state index in [-0.39, 0.29) is 29.6 Å². The highest BCUT2D eigenvalue weighted by Crippen LogP contribution is 2.19. The highest BCUT2D eigenvalue weighted by molar-refractivity contribution is 9.10. The van der Waals surface area contributed by atoms with Crippen molar-refractivity contribution in [1.82, 2.24) is 5.32 Å². The number of amides is 1. The van der Waals surface area contributed by atoms with Crippen LogP contribution in [-0.4, -0.2) is 26.6 Å². The lowest BCUT2D eigenvalue weighted by molar-refractivity contribution is 0.0922. The second-order valence-electron chi connectivity index (χ2n) is 6.25. The molecule has 0 bridgehead atoms. The molecule has 3 aromatic rings. The van der Waals surface area contributed by atoms with Gasteiger partial charge in [0.15, 0.2) is 15.6 Å². The van der Waals surface area contributed by atoms with Gasteiger partial charge in [0, 0.05) is 11.0 Å². The van der Waals surface area contributed by atoms with E-state index in [9.17, 15) is 13.2 Å². The zero-order valence-corrected chi connectivity index (χ0v) is 17.9. The normalized spacial score (nSPS) is 11.2. The maximum Gasteiger partial charge on any atom is 0.286 e. The van der Waals surface area contributed by atoms with E-state index in [0.717, 1.165) is 4.47 Å². The molecule has 8 heteroatoms. The molecule has 0 unspecified atom stereocenters. The summed E-state index contributed by atoms with van der Waals surface area (Å²) in [5.74, 6) is 0.920. The van der Waals surface area contributed by atoms with Gasteiger partial charge in [0.2, 0.25) is 0 Å². The number of rotatable bonds is 9. The minimum Gasteiger partial charge on any atom is -0.486 e. The van der Waals surface area contributed by atoms with E-state index in [1.165, 1.54) is 0 Å². The van der Waals surface area contributed by atoms with E-state index in [1.807, 2.05) is 24.3 Å². The van der Waals surface area contributed by atoms with Crippen molar-refractivity contribution in [1.29, 1.82) is 0 Å². The Labute approximate surface area is 177 Å².